The number of fused-ring (bicyclic) bond motifs is 1. The van der Waals surface area contributed by atoms with Gasteiger partial charge in [-0.05, 0) is 68.4 Å². The van der Waals surface area contributed by atoms with Crippen LogP contribution >= 0.6 is 23.2 Å². The largest absolute Gasteiger partial charge is 0.486 e. The van der Waals surface area contributed by atoms with Crippen LogP contribution in [0.3, 0.4) is 0 Å². The van der Waals surface area contributed by atoms with Gasteiger partial charge in [0.05, 0.1) is 22.0 Å². The van der Waals surface area contributed by atoms with E-state index in [0.29, 0.717) is 28.6 Å². The molecule has 212 valence electrons. The van der Waals surface area contributed by atoms with Gasteiger partial charge in [-0.25, -0.2) is 0 Å². The Kier molecular flexibility index (Phi) is 10.3. The summed E-state index contributed by atoms with van der Waals surface area (Å²) >= 11 is 12.1. The van der Waals surface area contributed by atoms with Crippen LogP contribution in [0.4, 0.5) is 0 Å². The Labute approximate surface area is 247 Å². The molecule has 2 aliphatic heterocycles. The molecule has 1 saturated heterocycles. The Bertz CT molecular complexity index is 1320. The molecule has 1 fully saturated rings. The first-order chi connectivity index (χ1) is 19.2. The normalized spacial score (nSPS) is 16.3. The van der Waals surface area contributed by atoms with Gasteiger partial charge in [-0.3, -0.25) is 9.59 Å². The van der Waals surface area contributed by atoms with Crippen LogP contribution < -0.4 is 10.1 Å². The molecule has 0 aromatic heterocycles. The number of ketones is 1. The molecule has 5 nitrogen and oxygen atoms in total. The van der Waals surface area contributed by atoms with Gasteiger partial charge in [-0.15, -0.1) is 0 Å². The van der Waals surface area contributed by atoms with E-state index in [4.69, 9.17) is 27.9 Å². The van der Waals surface area contributed by atoms with E-state index >= 15 is 0 Å². The summed E-state index contributed by atoms with van der Waals surface area (Å²) in [5, 5.41) is 4.43. The highest BCUT2D eigenvalue weighted by molar-refractivity contribution is 6.42. The molecule has 1 N–H and O–H groups in total. The van der Waals surface area contributed by atoms with E-state index in [0.717, 1.165) is 61.2 Å². The quantitative estimate of drug-likeness (QED) is 0.324. The van der Waals surface area contributed by atoms with Crippen LogP contribution in [-0.2, 0) is 0 Å². The van der Waals surface area contributed by atoms with E-state index < -0.39 is 0 Å². The highest BCUT2D eigenvalue weighted by Crippen LogP contribution is 2.38. The van der Waals surface area contributed by atoms with Crippen molar-refractivity contribution in [2.45, 2.75) is 57.5 Å². The van der Waals surface area contributed by atoms with Crippen molar-refractivity contribution in [1.82, 2.24) is 10.2 Å². The fraction of sp³-hybridized carbons (Fsp3) is 0.394. The van der Waals surface area contributed by atoms with Crippen molar-refractivity contribution in [3.05, 3.63) is 99.0 Å². The molecule has 1 amide bonds. The van der Waals surface area contributed by atoms with Gasteiger partial charge in [0.15, 0.2) is 5.78 Å². The fourth-order valence-corrected chi connectivity index (χ4v) is 5.77. The number of amides is 1. The third-order valence-corrected chi connectivity index (χ3v) is 8.41. The number of halogens is 2. The predicted octanol–water partition coefficient (Wildman–Crippen LogP) is 7.73. The molecule has 1 spiro atoms. The molecule has 3 aromatic carbocycles. The zero-order chi connectivity index (χ0) is 28.7. The van der Waals surface area contributed by atoms with Crippen molar-refractivity contribution < 1.29 is 14.3 Å². The van der Waals surface area contributed by atoms with E-state index in [1.54, 1.807) is 4.90 Å². The number of rotatable bonds is 6. The van der Waals surface area contributed by atoms with Crippen molar-refractivity contribution in [3.63, 3.8) is 0 Å². The van der Waals surface area contributed by atoms with Crippen molar-refractivity contribution in [3.8, 4) is 5.75 Å². The molecular formula is C33H38Cl2N2O3. The van der Waals surface area contributed by atoms with Crippen LogP contribution in [0.1, 0.15) is 76.8 Å². The topological polar surface area (TPSA) is 58.6 Å². The van der Waals surface area contributed by atoms with Crippen LogP contribution in [0.5, 0.6) is 5.75 Å². The van der Waals surface area contributed by atoms with Gasteiger partial charge in [0.1, 0.15) is 11.4 Å². The van der Waals surface area contributed by atoms with E-state index in [1.165, 1.54) is 0 Å². The van der Waals surface area contributed by atoms with E-state index in [1.807, 2.05) is 80.7 Å². The monoisotopic (exact) mass is 580 g/mol. The fourth-order valence-electron chi connectivity index (χ4n) is 5.46. The average Bonchev–Trinajstić information content (AvgIpc) is 2.95. The summed E-state index contributed by atoms with van der Waals surface area (Å²) in [6.07, 6.45) is 4.41. The highest BCUT2D eigenvalue weighted by atomic mass is 35.5. The number of nitrogens with one attached hydrogen (secondary N) is 1. The summed E-state index contributed by atoms with van der Waals surface area (Å²) in [4.78, 5) is 26.5. The van der Waals surface area contributed by atoms with Gasteiger partial charge in [0, 0.05) is 37.9 Å². The first kappa shape index (κ1) is 30.1. The number of piperidine rings is 1. The van der Waals surface area contributed by atoms with Gasteiger partial charge < -0.3 is 15.0 Å². The zero-order valence-corrected chi connectivity index (χ0v) is 25.0. The number of aryl methyl sites for hydroxylation is 1. The number of hydrogen-bond donors (Lipinski definition) is 1. The number of nitrogens with zero attached hydrogens (tertiary/aromatic N) is 1. The van der Waals surface area contributed by atoms with E-state index in [9.17, 15) is 9.59 Å². The molecule has 2 heterocycles. The zero-order valence-electron chi connectivity index (χ0n) is 23.5. The lowest BCUT2D eigenvalue weighted by atomic mass is 9.83. The molecule has 5 rings (SSSR count). The number of carbonyl (C=O) groups excluding carboxylic acids is 2. The predicted molar refractivity (Wildman–Crippen MR) is 163 cm³/mol. The highest BCUT2D eigenvalue weighted by Gasteiger charge is 2.41. The molecule has 1 unspecified atom stereocenters. The SMILES string of the molecule is CCCC(CN(C)C(=O)c1ccccc1)c1ccc(Cl)c(Cl)c1.Cc1ccc2c(c1)C(=O)CC1(CCNCC1)O2. The van der Waals surface area contributed by atoms with Crippen LogP contribution in [0.15, 0.2) is 66.7 Å². The smallest absolute Gasteiger partial charge is 0.253 e. The van der Waals surface area contributed by atoms with Gasteiger partial charge in [-0.2, -0.15) is 0 Å². The maximum atomic E-state index is 12.5. The summed E-state index contributed by atoms with van der Waals surface area (Å²) in [6, 6.07) is 20.9. The second-order valence-corrected chi connectivity index (χ2v) is 11.7. The van der Waals surface area contributed by atoms with Gasteiger partial charge in [0.2, 0.25) is 0 Å². The summed E-state index contributed by atoms with van der Waals surface area (Å²) < 4.78 is 6.12. The maximum Gasteiger partial charge on any atom is 0.253 e. The average molecular weight is 582 g/mol. The minimum Gasteiger partial charge on any atom is -0.486 e. The number of Topliss-reactive ketones (excluding diaryl/α,β-unsaturated/α-hetero) is 1. The molecule has 0 bridgehead atoms. The van der Waals surface area contributed by atoms with Crippen LogP contribution in [0.25, 0.3) is 0 Å². The third-order valence-electron chi connectivity index (χ3n) is 7.67. The van der Waals surface area contributed by atoms with Crippen LogP contribution in [0.2, 0.25) is 10.0 Å². The number of likely N-dealkylation sites (N-methyl/N-ethyl adjacent to an activating group) is 1. The Morgan fingerprint density at radius 1 is 1.02 bits per heavy atom. The second kappa shape index (κ2) is 13.7. The van der Waals surface area contributed by atoms with Crippen LogP contribution in [0, 0.1) is 6.92 Å². The number of carbonyl (C=O) groups is 2. The Hall–Kier alpha value is -2.86. The number of benzene rings is 3. The maximum absolute atomic E-state index is 12.5. The van der Waals surface area contributed by atoms with Crippen molar-refractivity contribution >= 4 is 34.9 Å². The van der Waals surface area contributed by atoms with Gasteiger partial charge in [-0.1, -0.05) is 72.4 Å². The molecule has 1 atom stereocenters. The Morgan fingerprint density at radius 2 is 1.75 bits per heavy atom. The minimum absolute atomic E-state index is 0.0340. The minimum atomic E-state index is -0.245. The number of hydrogen-bond acceptors (Lipinski definition) is 4. The molecule has 2 aliphatic rings. The number of ether oxygens (including phenoxy) is 1. The van der Waals surface area contributed by atoms with Gasteiger partial charge in [0.25, 0.3) is 5.91 Å². The van der Waals surface area contributed by atoms with E-state index in [2.05, 4.69) is 12.2 Å². The third kappa shape index (κ3) is 7.45. The van der Waals surface area contributed by atoms with Crippen molar-refractivity contribution in [2.24, 2.45) is 0 Å². The Balaban J connectivity index is 0.000000192. The molecule has 7 heteroatoms. The lowest BCUT2D eigenvalue weighted by Crippen LogP contribution is -2.49. The summed E-state index contributed by atoms with van der Waals surface area (Å²) in [6.45, 7) is 6.68. The molecule has 40 heavy (non-hydrogen) atoms. The molecule has 0 radical (unpaired) electrons. The summed E-state index contributed by atoms with van der Waals surface area (Å²) in [5.74, 6) is 1.28. The first-order valence-corrected chi connectivity index (χ1v) is 14.8. The van der Waals surface area contributed by atoms with Crippen LogP contribution in [-0.4, -0.2) is 48.9 Å². The lowest BCUT2D eigenvalue weighted by molar-refractivity contribution is 0.0187. The molecule has 0 saturated carbocycles. The van der Waals surface area contributed by atoms with Crippen molar-refractivity contribution in [1.29, 1.82) is 0 Å². The van der Waals surface area contributed by atoms with Gasteiger partial charge >= 0.3 is 0 Å². The second-order valence-electron chi connectivity index (χ2n) is 10.8. The molecular weight excluding hydrogens is 543 g/mol. The summed E-state index contributed by atoms with van der Waals surface area (Å²) in [5.41, 5.74) is 3.45. The van der Waals surface area contributed by atoms with E-state index in [-0.39, 0.29) is 23.2 Å². The Morgan fingerprint density at radius 3 is 2.42 bits per heavy atom. The first-order valence-electron chi connectivity index (χ1n) is 14.0. The standard InChI is InChI=1S/C19H21Cl2NO.C14H17NO2/c1-3-7-16(15-10-11-17(20)18(21)12-15)13-22(2)19(23)14-8-5-4-6-9-14;1-10-2-3-13-11(8-10)12(16)9-14(17-13)4-6-15-7-5-14/h4-6,8-12,16H,3,7,13H2,1-2H3;2-3,8,15H,4-7,9H2,1H3. The lowest BCUT2D eigenvalue weighted by Gasteiger charge is -2.40. The van der Waals surface area contributed by atoms with Crippen molar-refractivity contribution in [2.75, 3.05) is 26.7 Å². The summed E-state index contributed by atoms with van der Waals surface area (Å²) in [7, 11) is 1.84. The molecule has 0 aliphatic carbocycles. The molecule has 3 aromatic rings.